The average molecular weight is 783 g/mol. The van der Waals surface area contributed by atoms with Gasteiger partial charge in [-0.05, 0) is 113 Å². The summed E-state index contributed by atoms with van der Waals surface area (Å²) in [6.45, 7) is 4.44. The van der Waals surface area contributed by atoms with E-state index in [1.807, 2.05) is 18.3 Å². The van der Waals surface area contributed by atoms with Crippen LogP contribution in [0.1, 0.15) is 37.8 Å². The van der Waals surface area contributed by atoms with E-state index >= 15 is 0 Å². The molecule has 3 heterocycles. The van der Waals surface area contributed by atoms with E-state index in [1.165, 1.54) is 45.2 Å². The standard InChI is InChI=1S/C54H40F2N4/c1-34-14-18-43(19-15-34)59-49-12-5-3-10-44(49)46-31-36(16-20-51(46)59)37-17-21-52-47(32-37)45-11-4-6-13-50(45)60(52)53-57-27-24-48(58-53)38-8-7-9-40(28-38)54(2)25-22-35(23-26-54)39-29-41(55)33-42(56)30-39/h3-14,16-25,27-34H,15,26H2,1-2H3. The fourth-order valence-corrected chi connectivity index (χ4v) is 9.21. The summed E-state index contributed by atoms with van der Waals surface area (Å²) in [7, 11) is 0. The summed E-state index contributed by atoms with van der Waals surface area (Å²) in [5.41, 5.74) is 12.0. The summed E-state index contributed by atoms with van der Waals surface area (Å²) in [6, 6.07) is 44.8. The minimum Gasteiger partial charge on any atom is -0.310 e. The van der Waals surface area contributed by atoms with E-state index in [2.05, 4.69) is 163 Å². The maximum Gasteiger partial charge on any atom is 0.235 e. The maximum absolute atomic E-state index is 14.0. The fraction of sp³-hybridized carbons (Fsp3) is 0.111. The monoisotopic (exact) mass is 782 g/mol. The molecule has 0 fully saturated rings. The molecule has 2 aliphatic carbocycles. The lowest BCUT2D eigenvalue weighted by atomic mass is 9.75. The predicted molar refractivity (Wildman–Crippen MR) is 243 cm³/mol. The van der Waals surface area contributed by atoms with Gasteiger partial charge in [0.2, 0.25) is 5.95 Å². The molecular weight excluding hydrogens is 743 g/mol. The van der Waals surface area contributed by atoms with Crippen molar-refractivity contribution in [1.29, 1.82) is 0 Å². The Labute approximate surface area is 346 Å². The third-order valence-corrected chi connectivity index (χ3v) is 12.5. The topological polar surface area (TPSA) is 35.6 Å². The molecule has 2 aliphatic rings. The summed E-state index contributed by atoms with van der Waals surface area (Å²) in [5, 5.41) is 4.76. The molecular formula is C54H40F2N4. The zero-order valence-corrected chi connectivity index (χ0v) is 33.3. The Morgan fingerprint density at radius 2 is 1.27 bits per heavy atom. The first-order chi connectivity index (χ1) is 29.3. The van der Waals surface area contributed by atoms with Gasteiger partial charge in [0.15, 0.2) is 0 Å². The van der Waals surface area contributed by atoms with Gasteiger partial charge < -0.3 is 4.57 Å². The van der Waals surface area contributed by atoms with Gasteiger partial charge in [0.1, 0.15) is 11.6 Å². The Hall–Kier alpha value is -7.18. The predicted octanol–water partition coefficient (Wildman–Crippen LogP) is 14.0. The van der Waals surface area contributed by atoms with Gasteiger partial charge in [-0.3, -0.25) is 4.57 Å². The summed E-state index contributed by atoms with van der Waals surface area (Å²) in [4.78, 5) is 10.0. The molecule has 3 aromatic heterocycles. The number of nitrogens with zero attached hydrogens (tertiary/aromatic N) is 4. The molecule has 0 radical (unpaired) electrons. The lowest BCUT2D eigenvalue weighted by Gasteiger charge is -2.29. The largest absolute Gasteiger partial charge is 0.310 e. The third-order valence-electron chi connectivity index (χ3n) is 12.5. The summed E-state index contributed by atoms with van der Waals surface area (Å²) in [5.74, 6) is -0.00547. The molecule has 0 bridgehead atoms. The summed E-state index contributed by atoms with van der Waals surface area (Å²) < 4.78 is 32.5. The van der Waals surface area contributed by atoms with E-state index in [4.69, 9.17) is 9.97 Å². The van der Waals surface area contributed by atoms with Crippen LogP contribution >= 0.6 is 0 Å². The molecule has 2 unspecified atom stereocenters. The van der Waals surface area contributed by atoms with Crippen LogP contribution in [0.25, 0.3) is 83.2 Å². The number of benzene rings is 6. The van der Waals surface area contributed by atoms with Gasteiger partial charge >= 0.3 is 0 Å². The number of aromatic nitrogens is 4. The first-order valence-corrected chi connectivity index (χ1v) is 20.6. The molecule has 2 atom stereocenters. The Morgan fingerprint density at radius 3 is 1.93 bits per heavy atom. The van der Waals surface area contributed by atoms with Gasteiger partial charge in [0.25, 0.3) is 0 Å². The molecule has 290 valence electrons. The Kier molecular flexibility index (Phi) is 8.38. The van der Waals surface area contributed by atoms with Crippen LogP contribution in [0.15, 0.2) is 176 Å². The molecule has 0 saturated heterocycles. The van der Waals surface area contributed by atoms with Crippen molar-refractivity contribution >= 4 is 54.9 Å². The van der Waals surface area contributed by atoms with E-state index < -0.39 is 11.6 Å². The Morgan fingerprint density at radius 1 is 0.600 bits per heavy atom. The van der Waals surface area contributed by atoms with Gasteiger partial charge in [0, 0.05) is 50.5 Å². The highest BCUT2D eigenvalue weighted by Gasteiger charge is 2.26. The fourth-order valence-electron chi connectivity index (χ4n) is 9.21. The van der Waals surface area contributed by atoms with Crippen molar-refractivity contribution in [3.63, 3.8) is 0 Å². The van der Waals surface area contributed by atoms with Crippen LogP contribution < -0.4 is 0 Å². The number of rotatable bonds is 6. The normalized spacial score (nSPS) is 17.8. The van der Waals surface area contributed by atoms with Crippen molar-refractivity contribution < 1.29 is 8.78 Å². The number of allylic oxidation sites excluding steroid dienone is 8. The van der Waals surface area contributed by atoms with Crippen molar-refractivity contribution in [2.45, 2.75) is 32.1 Å². The van der Waals surface area contributed by atoms with Gasteiger partial charge in [-0.1, -0.05) is 111 Å². The minimum absolute atomic E-state index is 0.309. The molecule has 60 heavy (non-hydrogen) atoms. The van der Waals surface area contributed by atoms with E-state index in [-0.39, 0.29) is 5.41 Å². The number of fused-ring (bicyclic) bond motifs is 6. The van der Waals surface area contributed by atoms with Crippen molar-refractivity contribution in [1.82, 2.24) is 19.1 Å². The lowest BCUT2D eigenvalue weighted by Crippen LogP contribution is -2.20. The first-order valence-electron chi connectivity index (χ1n) is 20.6. The smallest absolute Gasteiger partial charge is 0.235 e. The number of halogens is 2. The molecule has 0 aliphatic heterocycles. The van der Waals surface area contributed by atoms with Crippen LogP contribution in [0, 0.1) is 17.6 Å². The van der Waals surface area contributed by atoms with E-state index in [9.17, 15) is 8.78 Å². The first kappa shape index (κ1) is 35.9. The van der Waals surface area contributed by atoms with Crippen molar-refractivity contribution in [3.05, 3.63) is 199 Å². The second-order valence-corrected chi connectivity index (χ2v) is 16.5. The van der Waals surface area contributed by atoms with Gasteiger partial charge in [0.05, 0.1) is 27.8 Å². The minimum atomic E-state index is -0.579. The number of hydrogen-bond donors (Lipinski definition) is 0. The van der Waals surface area contributed by atoms with Gasteiger partial charge in [-0.25, -0.2) is 18.7 Å². The SMILES string of the molecule is CC1C=CC(n2c3ccccc3c3cc(-c4ccc5c(c4)c4ccccc4n5-c4nccc(-c5cccc(C6(C)C=CC(c7cc(F)cc(F)c7)=CC6)c5)n4)ccc32)=CC1. The highest BCUT2D eigenvalue weighted by atomic mass is 19.1. The highest BCUT2D eigenvalue weighted by molar-refractivity contribution is 6.13. The number of para-hydroxylation sites is 2. The molecule has 9 aromatic rings. The second kappa shape index (κ2) is 14.0. The van der Waals surface area contributed by atoms with Crippen LogP contribution in [-0.2, 0) is 5.41 Å². The van der Waals surface area contributed by atoms with Gasteiger partial charge in [-0.2, -0.15) is 0 Å². The van der Waals surface area contributed by atoms with Crippen molar-refractivity contribution in [2.24, 2.45) is 5.92 Å². The summed E-state index contributed by atoms with van der Waals surface area (Å²) in [6.07, 6.45) is 16.6. The zero-order chi connectivity index (χ0) is 40.5. The van der Waals surface area contributed by atoms with Crippen molar-refractivity contribution in [2.75, 3.05) is 0 Å². The Balaban J connectivity index is 0.952. The molecule has 0 saturated carbocycles. The second-order valence-electron chi connectivity index (χ2n) is 16.5. The van der Waals surface area contributed by atoms with E-state index in [1.54, 1.807) is 0 Å². The zero-order valence-electron chi connectivity index (χ0n) is 33.3. The Bertz CT molecular complexity index is 3320. The number of hydrogen-bond acceptors (Lipinski definition) is 2. The van der Waals surface area contributed by atoms with Crippen LogP contribution in [0.2, 0.25) is 0 Å². The highest BCUT2D eigenvalue weighted by Crippen LogP contribution is 2.40. The average Bonchev–Trinajstić information content (AvgIpc) is 3.79. The molecule has 6 aromatic carbocycles. The van der Waals surface area contributed by atoms with E-state index in [0.29, 0.717) is 23.9 Å². The van der Waals surface area contributed by atoms with Crippen LogP contribution in [0.4, 0.5) is 8.78 Å². The molecule has 0 N–H and O–H groups in total. The lowest BCUT2D eigenvalue weighted by molar-refractivity contribution is 0.582. The van der Waals surface area contributed by atoms with E-state index in [0.717, 1.165) is 62.3 Å². The van der Waals surface area contributed by atoms with Gasteiger partial charge in [-0.15, -0.1) is 0 Å². The van der Waals surface area contributed by atoms with Crippen molar-refractivity contribution in [3.8, 4) is 28.3 Å². The molecule has 6 heteroatoms. The molecule has 11 rings (SSSR count). The molecule has 0 spiro atoms. The maximum atomic E-state index is 14.0. The van der Waals surface area contributed by atoms with Crippen LogP contribution in [-0.4, -0.2) is 19.1 Å². The third kappa shape index (κ3) is 6.01. The molecule has 0 amide bonds. The quantitative estimate of drug-likeness (QED) is 0.168. The van der Waals surface area contributed by atoms with Crippen LogP contribution in [0.5, 0.6) is 0 Å². The van der Waals surface area contributed by atoms with Crippen LogP contribution in [0.3, 0.4) is 0 Å². The molecule has 4 nitrogen and oxygen atoms in total. The summed E-state index contributed by atoms with van der Waals surface area (Å²) >= 11 is 0.